The summed E-state index contributed by atoms with van der Waals surface area (Å²) in [5.74, 6) is -0.931. The number of nitrogens with zero attached hydrogens (tertiary/aromatic N) is 1. The van der Waals surface area contributed by atoms with Crippen LogP contribution in [0.5, 0.6) is 0 Å². The van der Waals surface area contributed by atoms with Crippen molar-refractivity contribution in [1.82, 2.24) is 4.57 Å². The van der Waals surface area contributed by atoms with Crippen LogP contribution in [0.4, 0.5) is 0 Å². The molecular formula is C14H13NO3. The van der Waals surface area contributed by atoms with Gasteiger partial charge in [-0.1, -0.05) is 18.2 Å². The Balaban J connectivity index is 2.06. The van der Waals surface area contributed by atoms with E-state index in [1.165, 1.54) is 0 Å². The van der Waals surface area contributed by atoms with Crippen LogP contribution in [0, 0.1) is 0 Å². The zero-order valence-corrected chi connectivity index (χ0v) is 10.1. The van der Waals surface area contributed by atoms with Crippen molar-refractivity contribution in [2.45, 2.75) is 18.8 Å². The van der Waals surface area contributed by atoms with Gasteiger partial charge in [0.05, 0.1) is 12.8 Å². The van der Waals surface area contributed by atoms with Crippen molar-refractivity contribution >= 4 is 22.8 Å². The van der Waals surface area contributed by atoms with Crippen molar-refractivity contribution in [1.29, 1.82) is 0 Å². The van der Waals surface area contributed by atoms with E-state index >= 15 is 0 Å². The molecule has 0 spiro atoms. The lowest BCUT2D eigenvalue weighted by Gasteiger charge is -2.20. The van der Waals surface area contributed by atoms with Crippen molar-refractivity contribution in [3.05, 3.63) is 36.0 Å². The number of aryl methyl sites for hydroxylation is 1. The zero-order valence-electron chi connectivity index (χ0n) is 10.1. The molecule has 3 rings (SSSR count). The Bertz CT molecular complexity index is 626. The minimum Gasteiger partial charge on any atom is -0.393 e. The quantitative estimate of drug-likeness (QED) is 0.569. The molecule has 0 aliphatic carbocycles. The molecule has 1 aliphatic rings. The zero-order chi connectivity index (χ0) is 12.7. The van der Waals surface area contributed by atoms with Gasteiger partial charge in [0.1, 0.15) is 0 Å². The number of aromatic nitrogens is 1. The van der Waals surface area contributed by atoms with Crippen molar-refractivity contribution in [3.63, 3.8) is 0 Å². The Hall–Kier alpha value is -2.10. The molecule has 0 N–H and O–H groups in total. The maximum Gasteiger partial charge on any atom is 0.314 e. The molecule has 0 unspecified atom stereocenters. The number of ether oxygens (including phenoxy) is 1. The monoisotopic (exact) mass is 243 g/mol. The van der Waals surface area contributed by atoms with E-state index in [1.807, 2.05) is 41.9 Å². The van der Waals surface area contributed by atoms with Gasteiger partial charge in [0.2, 0.25) is 0 Å². The summed E-state index contributed by atoms with van der Waals surface area (Å²) in [6, 6.07) is 10.1. The molecule has 4 nitrogen and oxygen atoms in total. The van der Waals surface area contributed by atoms with Crippen LogP contribution in [0.2, 0.25) is 0 Å². The van der Waals surface area contributed by atoms with E-state index in [2.05, 4.69) is 4.74 Å². The number of esters is 2. The molecule has 1 aliphatic heterocycles. The first-order valence-electron chi connectivity index (χ1n) is 5.93. The standard InChI is InChI=1S/C14H13NO3/c1-15-11-5-3-2-4-9(11)6-12(15)10-7-13(16)18-14(17)8-10/h2-6,10H,7-8H2,1H3. The normalized spacial score (nSPS) is 17.2. The van der Waals surface area contributed by atoms with Crippen molar-refractivity contribution in [2.75, 3.05) is 0 Å². The molecule has 0 radical (unpaired) electrons. The number of benzene rings is 1. The van der Waals surface area contributed by atoms with Crippen molar-refractivity contribution < 1.29 is 14.3 Å². The minimum absolute atomic E-state index is 0.0730. The molecule has 0 atom stereocenters. The van der Waals surface area contributed by atoms with E-state index in [1.54, 1.807) is 0 Å². The van der Waals surface area contributed by atoms with E-state index in [0.717, 1.165) is 16.6 Å². The predicted octanol–water partition coefficient (Wildman–Crippen LogP) is 2.13. The van der Waals surface area contributed by atoms with Gasteiger partial charge in [-0.15, -0.1) is 0 Å². The number of cyclic esters (lactones) is 2. The average molecular weight is 243 g/mol. The summed E-state index contributed by atoms with van der Waals surface area (Å²) in [6.45, 7) is 0. The lowest BCUT2D eigenvalue weighted by molar-refractivity contribution is -0.164. The number of hydrogen-bond acceptors (Lipinski definition) is 3. The molecule has 4 heteroatoms. The van der Waals surface area contributed by atoms with E-state index in [9.17, 15) is 9.59 Å². The third-order valence-corrected chi connectivity index (χ3v) is 3.46. The van der Waals surface area contributed by atoms with Gasteiger partial charge in [0.25, 0.3) is 0 Å². The van der Waals surface area contributed by atoms with Gasteiger partial charge in [-0.3, -0.25) is 9.59 Å². The van der Waals surface area contributed by atoms with E-state index in [0.29, 0.717) is 0 Å². The fourth-order valence-electron chi connectivity index (χ4n) is 2.60. The third-order valence-electron chi connectivity index (χ3n) is 3.46. The fraction of sp³-hybridized carbons (Fsp3) is 0.286. The summed E-state index contributed by atoms with van der Waals surface area (Å²) in [7, 11) is 1.96. The molecule has 1 saturated heterocycles. The number of carbonyl (C=O) groups is 2. The molecule has 1 aromatic carbocycles. The summed E-state index contributed by atoms with van der Waals surface area (Å²) < 4.78 is 6.61. The molecular weight excluding hydrogens is 230 g/mol. The van der Waals surface area contributed by atoms with Gasteiger partial charge in [0, 0.05) is 24.2 Å². The number of carbonyl (C=O) groups excluding carboxylic acids is 2. The first-order chi connectivity index (χ1) is 8.65. The van der Waals surface area contributed by atoms with Crippen LogP contribution < -0.4 is 0 Å². The second-order valence-electron chi connectivity index (χ2n) is 4.64. The summed E-state index contributed by atoms with van der Waals surface area (Å²) in [5, 5.41) is 1.13. The highest BCUT2D eigenvalue weighted by molar-refractivity contribution is 5.90. The number of hydrogen-bond donors (Lipinski definition) is 0. The van der Waals surface area contributed by atoms with E-state index in [4.69, 9.17) is 0 Å². The van der Waals surface area contributed by atoms with Crippen LogP contribution in [0.15, 0.2) is 30.3 Å². The highest BCUT2D eigenvalue weighted by Gasteiger charge is 2.30. The topological polar surface area (TPSA) is 48.3 Å². The second-order valence-corrected chi connectivity index (χ2v) is 4.64. The molecule has 2 aromatic rings. The Kier molecular flexibility index (Phi) is 2.44. The average Bonchev–Trinajstić information content (AvgIpc) is 2.66. The van der Waals surface area contributed by atoms with Gasteiger partial charge < -0.3 is 9.30 Å². The molecule has 0 bridgehead atoms. The Morgan fingerprint density at radius 1 is 1.17 bits per heavy atom. The smallest absolute Gasteiger partial charge is 0.314 e. The fourth-order valence-corrected chi connectivity index (χ4v) is 2.60. The Labute approximate surface area is 104 Å². The first kappa shape index (κ1) is 11.0. The summed E-state index contributed by atoms with van der Waals surface area (Å²) in [6.07, 6.45) is 0.547. The van der Waals surface area contributed by atoms with Crippen LogP contribution in [-0.4, -0.2) is 16.5 Å². The maximum atomic E-state index is 11.3. The highest BCUT2D eigenvalue weighted by atomic mass is 16.6. The Morgan fingerprint density at radius 3 is 2.50 bits per heavy atom. The number of para-hydroxylation sites is 1. The number of rotatable bonds is 1. The highest BCUT2D eigenvalue weighted by Crippen LogP contribution is 2.31. The first-order valence-corrected chi connectivity index (χ1v) is 5.93. The predicted molar refractivity (Wildman–Crippen MR) is 66.0 cm³/mol. The summed E-state index contributed by atoms with van der Waals surface area (Å²) in [5.41, 5.74) is 2.13. The van der Waals surface area contributed by atoms with Gasteiger partial charge in [-0.25, -0.2) is 0 Å². The van der Waals surface area contributed by atoms with Gasteiger partial charge in [-0.2, -0.15) is 0 Å². The third kappa shape index (κ3) is 1.70. The second kappa shape index (κ2) is 3.98. The van der Waals surface area contributed by atoms with Crippen LogP contribution >= 0.6 is 0 Å². The molecule has 1 fully saturated rings. The van der Waals surface area contributed by atoms with Gasteiger partial charge >= 0.3 is 11.9 Å². The van der Waals surface area contributed by atoms with E-state index < -0.39 is 11.9 Å². The van der Waals surface area contributed by atoms with Crippen LogP contribution in [-0.2, 0) is 21.4 Å². The lowest BCUT2D eigenvalue weighted by Crippen LogP contribution is -2.25. The number of fused-ring (bicyclic) bond motifs is 1. The Morgan fingerprint density at radius 2 is 1.83 bits per heavy atom. The molecule has 1 aromatic heterocycles. The van der Waals surface area contributed by atoms with Crippen LogP contribution in [0.25, 0.3) is 10.9 Å². The SMILES string of the molecule is Cn1c(C2CC(=O)OC(=O)C2)cc2ccccc21. The van der Waals surface area contributed by atoms with Crippen molar-refractivity contribution in [2.24, 2.45) is 7.05 Å². The largest absolute Gasteiger partial charge is 0.393 e. The minimum atomic E-state index is -0.429. The van der Waals surface area contributed by atoms with Crippen molar-refractivity contribution in [3.8, 4) is 0 Å². The lowest BCUT2D eigenvalue weighted by atomic mass is 9.95. The van der Waals surface area contributed by atoms with Crippen LogP contribution in [0.3, 0.4) is 0 Å². The molecule has 92 valence electrons. The van der Waals surface area contributed by atoms with Crippen LogP contribution in [0.1, 0.15) is 24.5 Å². The van der Waals surface area contributed by atoms with Gasteiger partial charge in [-0.05, 0) is 17.5 Å². The molecule has 0 amide bonds. The molecule has 0 saturated carbocycles. The van der Waals surface area contributed by atoms with Gasteiger partial charge in [0.15, 0.2) is 0 Å². The summed E-state index contributed by atoms with van der Waals surface area (Å²) in [4.78, 5) is 22.7. The maximum absolute atomic E-state index is 11.3. The molecule has 18 heavy (non-hydrogen) atoms. The molecule has 2 heterocycles. The summed E-state index contributed by atoms with van der Waals surface area (Å²) >= 11 is 0. The van der Waals surface area contributed by atoms with E-state index in [-0.39, 0.29) is 18.8 Å².